The van der Waals surface area contributed by atoms with Crippen LogP contribution in [0, 0.1) is 11.6 Å². The van der Waals surface area contributed by atoms with Gasteiger partial charge in [-0.15, -0.1) is 0 Å². The third-order valence-electron chi connectivity index (χ3n) is 2.98. The van der Waals surface area contributed by atoms with E-state index < -0.39 is 5.82 Å². The van der Waals surface area contributed by atoms with E-state index in [1.54, 1.807) is 0 Å². The van der Waals surface area contributed by atoms with Crippen molar-refractivity contribution >= 4 is 0 Å². The molecule has 94 valence electrons. The number of benzene rings is 2. The summed E-state index contributed by atoms with van der Waals surface area (Å²) in [6, 6.07) is 13.3. The highest BCUT2D eigenvalue weighted by Gasteiger charge is 2.13. The maximum Gasteiger partial charge on any atom is 0.126 e. The number of hydrogen-bond acceptors (Lipinski definition) is 1. The zero-order valence-corrected chi connectivity index (χ0v) is 10.2. The van der Waals surface area contributed by atoms with Crippen LogP contribution in [0.2, 0.25) is 0 Å². The Morgan fingerprint density at radius 2 is 1.78 bits per heavy atom. The van der Waals surface area contributed by atoms with Crippen molar-refractivity contribution in [2.45, 2.75) is 12.5 Å². The van der Waals surface area contributed by atoms with Gasteiger partial charge in [0.15, 0.2) is 0 Å². The van der Waals surface area contributed by atoms with Gasteiger partial charge >= 0.3 is 0 Å². The summed E-state index contributed by atoms with van der Waals surface area (Å²) in [4.78, 5) is 0. The van der Waals surface area contributed by atoms with Gasteiger partial charge in [-0.3, -0.25) is 0 Å². The fraction of sp³-hybridized carbons (Fsp3) is 0.200. The first-order valence-corrected chi connectivity index (χ1v) is 5.87. The first kappa shape index (κ1) is 12.7. The lowest BCUT2D eigenvalue weighted by Gasteiger charge is -2.17. The Labute approximate surface area is 105 Å². The van der Waals surface area contributed by atoms with Gasteiger partial charge in [0.1, 0.15) is 11.6 Å². The average molecular weight is 247 g/mol. The number of halogens is 2. The minimum atomic E-state index is -0.408. The van der Waals surface area contributed by atoms with Crippen molar-refractivity contribution in [3.05, 3.63) is 71.3 Å². The topological polar surface area (TPSA) is 12.0 Å². The van der Waals surface area contributed by atoms with Gasteiger partial charge in [0, 0.05) is 6.04 Å². The molecule has 1 unspecified atom stereocenters. The lowest BCUT2D eigenvalue weighted by molar-refractivity contribution is 0.544. The maximum absolute atomic E-state index is 13.6. The van der Waals surface area contributed by atoms with Crippen molar-refractivity contribution in [1.82, 2.24) is 5.32 Å². The lowest BCUT2D eigenvalue weighted by atomic mass is 9.98. The fourth-order valence-corrected chi connectivity index (χ4v) is 1.99. The summed E-state index contributed by atoms with van der Waals surface area (Å²) in [6.07, 6.45) is 0.421. The summed E-state index contributed by atoms with van der Waals surface area (Å²) in [5.74, 6) is -0.776. The van der Waals surface area contributed by atoms with Crippen LogP contribution < -0.4 is 5.32 Å². The van der Waals surface area contributed by atoms with Crippen LogP contribution in [0.15, 0.2) is 48.5 Å². The van der Waals surface area contributed by atoms with E-state index in [1.807, 2.05) is 37.4 Å². The molecule has 0 heterocycles. The van der Waals surface area contributed by atoms with Crippen LogP contribution in [0.25, 0.3) is 0 Å². The molecule has 18 heavy (non-hydrogen) atoms. The van der Waals surface area contributed by atoms with E-state index in [0.717, 1.165) is 11.6 Å². The highest BCUT2D eigenvalue weighted by atomic mass is 19.1. The second kappa shape index (κ2) is 5.74. The number of likely N-dealkylation sites (N-methyl/N-ethyl adjacent to an activating group) is 1. The first-order chi connectivity index (χ1) is 8.70. The van der Waals surface area contributed by atoms with Gasteiger partial charge in [-0.25, -0.2) is 8.78 Å². The zero-order valence-electron chi connectivity index (χ0n) is 10.2. The van der Waals surface area contributed by atoms with E-state index in [0.29, 0.717) is 12.0 Å². The average Bonchev–Trinajstić information content (AvgIpc) is 2.41. The van der Waals surface area contributed by atoms with Crippen molar-refractivity contribution in [3.8, 4) is 0 Å². The van der Waals surface area contributed by atoms with E-state index in [1.165, 1.54) is 12.1 Å². The Kier molecular flexibility index (Phi) is 4.05. The van der Waals surface area contributed by atoms with Crippen molar-refractivity contribution in [1.29, 1.82) is 0 Å². The SMILES string of the molecule is CNC(Cc1cc(F)ccc1F)c1ccccc1. The van der Waals surface area contributed by atoms with Crippen LogP contribution in [0.3, 0.4) is 0 Å². The molecule has 1 atom stereocenters. The van der Waals surface area contributed by atoms with Crippen LogP contribution in [0.1, 0.15) is 17.2 Å². The van der Waals surface area contributed by atoms with Gasteiger partial charge < -0.3 is 5.32 Å². The molecule has 1 nitrogen and oxygen atoms in total. The van der Waals surface area contributed by atoms with E-state index in [-0.39, 0.29) is 11.9 Å². The molecule has 0 aromatic heterocycles. The number of nitrogens with one attached hydrogen (secondary N) is 1. The minimum absolute atomic E-state index is 0.0255. The second-order valence-electron chi connectivity index (χ2n) is 4.19. The molecule has 0 aliphatic heterocycles. The molecule has 0 amide bonds. The largest absolute Gasteiger partial charge is 0.313 e. The molecular weight excluding hydrogens is 232 g/mol. The van der Waals surface area contributed by atoms with Gasteiger partial charge in [0.2, 0.25) is 0 Å². The number of hydrogen-bond donors (Lipinski definition) is 1. The zero-order chi connectivity index (χ0) is 13.0. The molecule has 0 fully saturated rings. The molecule has 2 aromatic carbocycles. The van der Waals surface area contributed by atoms with Gasteiger partial charge in [-0.2, -0.15) is 0 Å². The van der Waals surface area contributed by atoms with Gasteiger partial charge in [-0.05, 0) is 42.8 Å². The van der Waals surface area contributed by atoms with E-state index in [2.05, 4.69) is 5.32 Å². The maximum atomic E-state index is 13.6. The highest BCUT2D eigenvalue weighted by molar-refractivity contribution is 5.25. The van der Waals surface area contributed by atoms with E-state index in [4.69, 9.17) is 0 Å². The molecular formula is C15H15F2N. The van der Waals surface area contributed by atoms with Crippen LogP contribution >= 0.6 is 0 Å². The number of rotatable bonds is 4. The molecule has 0 aliphatic rings. The van der Waals surface area contributed by atoms with Crippen molar-refractivity contribution in [2.24, 2.45) is 0 Å². The summed E-state index contributed by atoms with van der Waals surface area (Å²) in [5, 5.41) is 3.12. The molecule has 3 heteroatoms. The summed E-state index contributed by atoms with van der Waals surface area (Å²) in [5.41, 5.74) is 1.45. The van der Waals surface area contributed by atoms with E-state index in [9.17, 15) is 8.78 Å². The molecule has 0 radical (unpaired) electrons. The Morgan fingerprint density at radius 1 is 1.06 bits per heavy atom. The standard InChI is InChI=1S/C15H15F2N/c1-18-15(11-5-3-2-4-6-11)10-12-9-13(16)7-8-14(12)17/h2-9,15,18H,10H2,1H3. The summed E-state index contributed by atoms with van der Waals surface area (Å²) in [6.45, 7) is 0. The van der Waals surface area contributed by atoms with Crippen molar-refractivity contribution in [2.75, 3.05) is 7.05 Å². The molecule has 2 aromatic rings. The van der Waals surface area contributed by atoms with Gasteiger partial charge in [-0.1, -0.05) is 30.3 Å². The van der Waals surface area contributed by atoms with Crippen LogP contribution in [0.4, 0.5) is 8.78 Å². The molecule has 0 spiro atoms. The second-order valence-corrected chi connectivity index (χ2v) is 4.19. The molecule has 2 rings (SSSR count). The Bertz CT molecular complexity index is 511. The summed E-state index contributed by atoms with van der Waals surface area (Å²) in [7, 11) is 1.81. The fourth-order valence-electron chi connectivity index (χ4n) is 1.99. The van der Waals surface area contributed by atoms with Gasteiger partial charge in [0.05, 0.1) is 0 Å². The molecule has 1 N–H and O–H groups in total. The monoisotopic (exact) mass is 247 g/mol. The van der Waals surface area contributed by atoms with Crippen molar-refractivity contribution in [3.63, 3.8) is 0 Å². The quantitative estimate of drug-likeness (QED) is 0.872. The predicted molar refractivity (Wildman–Crippen MR) is 68.3 cm³/mol. The van der Waals surface area contributed by atoms with Crippen molar-refractivity contribution < 1.29 is 8.78 Å². The van der Waals surface area contributed by atoms with E-state index >= 15 is 0 Å². The smallest absolute Gasteiger partial charge is 0.126 e. The Morgan fingerprint density at radius 3 is 2.44 bits per heavy atom. The highest BCUT2D eigenvalue weighted by Crippen LogP contribution is 2.20. The third-order valence-corrected chi connectivity index (χ3v) is 2.98. The minimum Gasteiger partial charge on any atom is -0.313 e. The summed E-state index contributed by atoms with van der Waals surface area (Å²) >= 11 is 0. The van der Waals surface area contributed by atoms with Crippen LogP contribution in [0.5, 0.6) is 0 Å². The molecule has 0 saturated carbocycles. The predicted octanol–water partition coefficient (Wildman–Crippen LogP) is 3.47. The van der Waals surface area contributed by atoms with Crippen LogP contribution in [-0.4, -0.2) is 7.05 Å². The summed E-state index contributed by atoms with van der Waals surface area (Å²) < 4.78 is 26.7. The normalized spacial score (nSPS) is 12.4. The Balaban J connectivity index is 2.23. The molecule has 0 bridgehead atoms. The third kappa shape index (κ3) is 2.93. The molecule has 0 saturated heterocycles. The first-order valence-electron chi connectivity index (χ1n) is 5.87. The lowest BCUT2D eigenvalue weighted by Crippen LogP contribution is -2.19. The molecule has 0 aliphatic carbocycles. The Hall–Kier alpha value is -1.74. The van der Waals surface area contributed by atoms with Crippen LogP contribution in [-0.2, 0) is 6.42 Å². The van der Waals surface area contributed by atoms with Gasteiger partial charge in [0.25, 0.3) is 0 Å².